The van der Waals surface area contributed by atoms with E-state index in [-0.39, 0.29) is 24.0 Å². The Hall–Kier alpha value is -3.23. The summed E-state index contributed by atoms with van der Waals surface area (Å²) in [7, 11) is -2.04. The second-order valence-electron chi connectivity index (χ2n) is 6.79. The molecule has 1 amide bonds. The second kappa shape index (κ2) is 10.4. The maximum absolute atomic E-state index is 12.9. The lowest BCUT2D eigenvalue weighted by atomic mass is 10.1. The number of benzene rings is 3. The standard InChI is InChI=1S/C23H23ClN2O5S/c1-3-32(28,29)26-20-13-12-18(14-22(20)30-2)25-23(27)19-6-4-5-7-21(19)31-15-16-8-10-17(24)11-9-16/h4-14,26H,3,15H2,1-2H3,(H,25,27). The van der Waals surface area contributed by atoms with Crippen LogP contribution < -0.4 is 19.5 Å². The third kappa shape index (κ3) is 6.15. The number of halogens is 1. The lowest BCUT2D eigenvalue weighted by Crippen LogP contribution is -2.16. The Labute approximate surface area is 192 Å². The maximum atomic E-state index is 12.9. The molecule has 0 aromatic heterocycles. The van der Waals surface area contributed by atoms with Crippen LogP contribution in [0, 0.1) is 0 Å². The van der Waals surface area contributed by atoms with Gasteiger partial charge < -0.3 is 14.8 Å². The van der Waals surface area contributed by atoms with E-state index in [1.54, 1.807) is 48.5 Å². The van der Waals surface area contributed by atoms with Crippen molar-refractivity contribution in [2.45, 2.75) is 13.5 Å². The molecule has 0 unspecified atom stereocenters. The summed E-state index contributed by atoms with van der Waals surface area (Å²) in [5.41, 5.74) is 2.01. The molecule has 0 spiro atoms. The van der Waals surface area contributed by atoms with Crippen molar-refractivity contribution in [3.63, 3.8) is 0 Å². The maximum Gasteiger partial charge on any atom is 0.259 e. The van der Waals surface area contributed by atoms with E-state index >= 15 is 0 Å². The predicted molar refractivity (Wildman–Crippen MR) is 126 cm³/mol. The van der Waals surface area contributed by atoms with Gasteiger partial charge in [0.2, 0.25) is 10.0 Å². The fourth-order valence-corrected chi connectivity index (χ4v) is 3.59. The zero-order chi connectivity index (χ0) is 23.1. The number of ether oxygens (including phenoxy) is 2. The summed E-state index contributed by atoms with van der Waals surface area (Å²) >= 11 is 5.91. The van der Waals surface area contributed by atoms with Gasteiger partial charge in [0.25, 0.3) is 5.91 Å². The van der Waals surface area contributed by atoms with Crippen LogP contribution in [0.1, 0.15) is 22.8 Å². The van der Waals surface area contributed by atoms with Crippen LogP contribution in [0.15, 0.2) is 66.7 Å². The Morgan fingerprint density at radius 1 is 1.00 bits per heavy atom. The molecule has 2 N–H and O–H groups in total. The Balaban J connectivity index is 1.75. The monoisotopic (exact) mass is 474 g/mol. The van der Waals surface area contributed by atoms with Gasteiger partial charge >= 0.3 is 0 Å². The smallest absolute Gasteiger partial charge is 0.259 e. The average molecular weight is 475 g/mol. The van der Waals surface area contributed by atoms with Crippen LogP contribution >= 0.6 is 11.6 Å². The van der Waals surface area contributed by atoms with Crippen molar-refractivity contribution < 1.29 is 22.7 Å². The number of carbonyl (C=O) groups is 1. The first-order valence-electron chi connectivity index (χ1n) is 9.77. The van der Waals surface area contributed by atoms with Crippen LogP contribution in [-0.4, -0.2) is 27.2 Å². The lowest BCUT2D eigenvalue weighted by molar-refractivity contribution is 0.102. The molecule has 0 radical (unpaired) electrons. The first kappa shape index (κ1) is 23.4. The average Bonchev–Trinajstić information content (AvgIpc) is 2.79. The Morgan fingerprint density at radius 2 is 1.72 bits per heavy atom. The summed E-state index contributed by atoms with van der Waals surface area (Å²) in [5, 5.41) is 3.43. The normalized spacial score (nSPS) is 11.0. The van der Waals surface area contributed by atoms with E-state index in [9.17, 15) is 13.2 Å². The number of rotatable bonds is 9. The quantitative estimate of drug-likeness (QED) is 0.458. The van der Waals surface area contributed by atoms with E-state index < -0.39 is 10.0 Å². The number of hydrogen-bond donors (Lipinski definition) is 2. The summed E-state index contributed by atoms with van der Waals surface area (Å²) in [6.45, 7) is 1.82. The van der Waals surface area contributed by atoms with Crippen molar-refractivity contribution >= 4 is 38.9 Å². The molecule has 0 atom stereocenters. The molecule has 0 aliphatic carbocycles. The van der Waals surface area contributed by atoms with Crippen molar-refractivity contribution in [1.29, 1.82) is 0 Å². The minimum Gasteiger partial charge on any atom is -0.494 e. The summed E-state index contributed by atoms with van der Waals surface area (Å²) in [6, 6.07) is 18.8. The molecule has 0 saturated heterocycles. The largest absolute Gasteiger partial charge is 0.494 e. The predicted octanol–water partition coefficient (Wildman–Crippen LogP) is 4.94. The van der Waals surface area contributed by atoms with Gasteiger partial charge in [0.1, 0.15) is 18.1 Å². The van der Waals surface area contributed by atoms with E-state index in [2.05, 4.69) is 10.0 Å². The van der Waals surface area contributed by atoms with Gasteiger partial charge in [0.05, 0.1) is 24.1 Å². The van der Waals surface area contributed by atoms with E-state index in [0.29, 0.717) is 27.7 Å². The van der Waals surface area contributed by atoms with Crippen molar-refractivity contribution in [2.75, 3.05) is 22.9 Å². The van der Waals surface area contributed by atoms with Gasteiger partial charge in [-0.1, -0.05) is 35.9 Å². The zero-order valence-electron chi connectivity index (χ0n) is 17.6. The molecule has 0 aliphatic rings. The van der Waals surface area contributed by atoms with Gasteiger partial charge in [0.15, 0.2) is 0 Å². The number of nitrogens with one attached hydrogen (secondary N) is 2. The fourth-order valence-electron chi connectivity index (χ4n) is 2.81. The Kier molecular flexibility index (Phi) is 7.61. The molecule has 0 heterocycles. The molecule has 0 saturated carbocycles. The van der Waals surface area contributed by atoms with Crippen molar-refractivity contribution in [2.24, 2.45) is 0 Å². The SMILES string of the molecule is CCS(=O)(=O)Nc1ccc(NC(=O)c2ccccc2OCc2ccc(Cl)cc2)cc1OC. The van der Waals surface area contributed by atoms with Crippen LogP contribution in [-0.2, 0) is 16.6 Å². The number of amides is 1. The third-order valence-electron chi connectivity index (χ3n) is 4.54. The molecule has 0 bridgehead atoms. The van der Waals surface area contributed by atoms with Crippen molar-refractivity contribution in [3.05, 3.63) is 82.9 Å². The van der Waals surface area contributed by atoms with Crippen molar-refractivity contribution in [3.8, 4) is 11.5 Å². The van der Waals surface area contributed by atoms with Gasteiger partial charge in [0, 0.05) is 16.8 Å². The summed E-state index contributed by atoms with van der Waals surface area (Å²) in [6.07, 6.45) is 0. The molecule has 168 valence electrons. The lowest BCUT2D eigenvalue weighted by Gasteiger charge is -2.14. The molecule has 3 rings (SSSR count). The van der Waals surface area contributed by atoms with Gasteiger partial charge in [-0.25, -0.2) is 8.42 Å². The van der Waals surface area contributed by atoms with Crippen molar-refractivity contribution in [1.82, 2.24) is 0 Å². The highest BCUT2D eigenvalue weighted by molar-refractivity contribution is 7.92. The number of sulfonamides is 1. The first-order valence-corrected chi connectivity index (χ1v) is 11.8. The summed E-state index contributed by atoms with van der Waals surface area (Å²) < 4.78 is 37.3. The number of anilines is 2. The highest BCUT2D eigenvalue weighted by Crippen LogP contribution is 2.30. The van der Waals surface area contributed by atoms with Gasteiger partial charge in [-0.3, -0.25) is 9.52 Å². The summed E-state index contributed by atoms with van der Waals surface area (Å²) in [4.78, 5) is 12.9. The Morgan fingerprint density at radius 3 is 2.41 bits per heavy atom. The van der Waals surface area contributed by atoms with Crippen LogP contribution in [0.25, 0.3) is 0 Å². The highest BCUT2D eigenvalue weighted by Gasteiger charge is 2.15. The molecule has 0 aliphatic heterocycles. The van der Waals surface area contributed by atoms with E-state index in [0.717, 1.165) is 5.56 Å². The third-order valence-corrected chi connectivity index (χ3v) is 6.09. The minimum atomic E-state index is -3.46. The van der Waals surface area contributed by atoms with Crippen LogP contribution in [0.2, 0.25) is 5.02 Å². The molecular weight excluding hydrogens is 452 g/mol. The van der Waals surface area contributed by atoms with Crippen LogP contribution in [0.5, 0.6) is 11.5 Å². The van der Waals surface area contributed by atoms with Gasteiger partial charge in [-0.05, 0) is 48.9 Å². The minimum absolute atomic E-state index is 0.0680. The summed E-state index contributed by atoms with van der Waals surface area (Å²) in [5.74, 6) is 0.272. The molecule has 3 aromatic rings. The van der Waals surface area contributed by atoms with E-state index in [1.807, 2.05) is 12.1 Å². The number of hydrogen-bond acceptors (Lipinski definition) is 5. The second-order valence-corrected chi connectivity index (χ2v) is 9.23. The molecule has 0 fully saturated rings. The first-order chi connectivity index (χ1) is 15.3. The zero-order valence-corrected chi connectivity index (χ0v) is 19.2. The molecular formula is C23H23ClN2O5S. The molecule has 7 nitrogen and oxygen atoms in total. The van der Waals surface area contributed by atoms with Gasteiger partial charge in [-0.2, -0.15) is 0 Å². The highest BCUT2D eigenvalue weighted by atomic mass is 35.5. The van der Waals surface area contributed by atoms with E-state index in [1.165, 1.54) is 20.1 Å². The van der Waals surface area contributed by atoms with E-state index in [4.69, 9.17) is 21.1 Å². The molecule has 32 heavy (non-hydrogen) atoms. The van der Waals surface area contributed by atoms with Gasteiger partial charge in [-0.15, -0.1) is 0 Å². The van der Waals surface area contributed by atoms with Crippen LogP contribution in [0.3, 0.4) is 0 Å². The molecule has 9 heteroatoms. The number of carbonyl (C=O) groups excluding carboxylic acids is 1. The topological polar surface area (TPSA) is 93.7 Å². The number of methoxy groups -OCH3 is 1. The van der Waals surface area contributed by atoms with Crippen LogP contribution in [0.4, 0.5) is 11.4 Å². The fraction of sp³-hybridized carbons (Fsp3) is 0.174. The number of para-hydroxylation sites is 1. The molecule has 3 aromatic carbocycles. The Bertz CT molecular complexity index is 1200.